The summed E-state index contributed by atoms with van der Waals surface area (Å²) in [4.78, 5) is 0. The monoisotopic (exact) mass is 726 g/mol. The third-order valence-corrected chi connectivity index (χ3v) is 13.1. The van der Waals surface area contributed by atoms with E-state index in [0.717, 1.165) is 11.3 Å². The van der Waals surface area contributed by atoms with Crippen LogP contribution in [0.2, 0.25) is 0 Å². The normalized spacial score (nSPS) is 11.8. The summed E-state index contributed by atoms with van der Waals surface area (Å²) in [5.41, 5.74) is 8.87. The van der Waals surface area contributed by atoms with Crippen LogP contribution in [0.5, 0.6) is 0 Å². The van der Waals surface area contributed by atoms with Crippen LogP contribution in [0, 0.1) is 0 Å². The Morgan fingerprint density at radius 3 is 1.13 bits per heavy atom. The third-order valence-electron chi connectivity index (χ3n) is 10.8. The van der Waals surface area contributed by atoms with E-state index in [0.29, 0.717) is 0 Å². The molecule has 0 aliphatic rings. The number of rotatable bonds is 4. The Labute approximate surface area is 306 Å². The molecule has 0 fully saturated rings. The minimum atomic E-state index is 0.173. The minimum absolute atomic E-state index is 0.173. The molecule has 0 N–H and O–H groups in total. The van der Waals surface area contributed by atoms with Crippen molar-refractivity contribution in [2.45, 2.75) is 0 Å². The van der Waals surface area contributed by atoms with E-state index in [1.165, 1.54) is 95.8 Å². The van der Waals surface area contributed by atoms with Crippen molar-refractivity contribution in [2.75, 3.05) is 0 Å². The van der Waals surface area contributed by atoms with E-state index >= 15 is 0 Å². The first-order valence-electron chi connectivity index (χ1n) is 17.8. The van der Waals surface area contributed by atoms with E-state index < -0.39 is 0 Å². The van der Waals surface area contributed by atoms with Gasteiger partial charge in [0.25, 0.3) is 0 Å². The van der Waals surface area contributed by atoms with Gasteiger partial charge in [-0.05, 0) is 0 Å². The van der Waals surface area contributed by atoms with Crippen LogP contribution >= 0.6 is 0 Å². The summed E-state index contributed by atoms with van der Waals surface area (Å²) in [5, 5.41) is 12.8. The molecule has 2 heteroatoms. The molecule has 0 atom stereocenters. The molecular weight excluding hydrogens is 696 g/mol. The zero-order valence-electron chi connectivity index (χ0n) is 28.1. The molecule has 9 aromatic carbocycles. The van der Waals surface area contributed by atoms with E-state index in [4.69, 9.17) is 4.42 Å². The second-order valence-corrected chi connectivity index (χ2v) is 15.8. The van der Waals surface area contributed by atoms with Crippen LogP contribution in [0.3, 0.4) is 0 Å². The summed E-state index contributed by atoms with van der Waals surface area (Å²) in [6, 6.07) is 64.7. The summed E-state index contributed by atoms with van der Waals surface area (Å²) in [6.07, 6.45) is 1.78. The molecule has 0 amide bonds. The maximum atomic E-state index is 6.08. The molecule has 0 aliphatic carbocycles. The van der Waals surface area contributed by atoms with E-state index in [9.17, 15) is 0 Å². The quantitative estimate of drug-likeness (QED) is 0.130. The fraction of sp³-hybridized carbons (Fsp3) is 0. The van der Waals surface area contributed by atoms with Crippen molar-refractivity contribution in [3.8, 4) is 44.7 Å². The SMILES string of the molecule is c1ccc(-c2c3ccccc3c(-c3cccc4[se]c5cccc(-c6c7ccccc7c(-c7ccco7)c7ccccc67)c5c34)c3ccccc23)cc1. The van der Waals surface area contributed by atoms with Gasteiger partial charge < -0.3 is 0 Å². The molecule has 11 aromatic rings. The molecule has 242 valence electrons. The Balaban J connectivity index is 1.30. The number of furan rings is 1. The van der Waals surface area contributed by atoms with Crippen LogP contribution in [-0.2, 0) is 0 Å². The third kappa shape index (κ3) is 4.29. The Morgan fingerprint density at radius 1 is 0.308 bits per heavy atom. The van der Waals surface area contributed by atoms with Crippen LogP contribution in [-0.4, -0.2) is 14.5 Å². The Kier molecular flexibility index (Phi) is 6.64. The molecule has 0 aliphatic heterocycles. The molecule has 0 spiro atoms. The molecular formula is C50H30OSe. The first-order chi connectivity index (χ1) is 25.8. The number of fused-ring (bicyclic) bond motifs is 7. The van der Waals surface area contributed by atoms with Crippen LogP contribution in [0.15, 0.2) is 187 Å². The average molecular weight is 726 g/mol. The van der Waals surface area contributed by atoms with Crippen molar-refractivity contribution in [3.63, 3.8) is 0 Å². The zero-order chi connectivity index (χ0) is 34.2. The second-order valence-electron chi connectivity index (χ2n) is 13.5. The van der Waals surface area contributed by atoms with E-state index in [1.807, 2.05) is 6.07 Å². The van der Waals surface area contributed by atoms with Gasteiger partial charge in [0.15, 0.2) is 0 Å². The van der Waals surface area contributed by atoms with E-state index in [-0.39, 0.29) is 14.5 Å². The van der Waals surface area contributed by atoms with E-state index in [1.54, 1.807) is 6.26 Å². The van der Waals surface area contributed by atoms with Gasteiger partial charge in [0, 0.05) is 0 Å². The maximum absolute atomic E-state index is 6.08. The van der Waals surface area contributed by atoms with Gasteiger partial charge in [-0.25, -0.2) is 0 Å². The predicted molar refractivity (Wildman–Crippen MR) is 222 cm³/mol. The Bertz CT molecular complexity index is 3050. The van der Waals surface area contributed by atoms with E-state index in [2.05, 4.69) is 170 Å². The van der Waals surface area contributed by atoms with Crippen molar-refractivity contribution in [1.29, 1.82) is 0 Å². The molecule has 2 heterocycles. The second kappa shape index (κ2) is 11.7. The molecule has 0 unspecified atom stereocenters. The van der Waals surface area contributed by atoms with Crippen molar-refractivity contribution >= 4 is 76.9 Å². The Morgan fingerprint density at radius 2 is 0.712 bits per heavy atom. The van der Waals surface area contributed by atoms with Gasteiger partial charge in [0.2, 0.25) is 0 Å². The number of hydrogen-bond acceptors (Lipinski definition) is 1. The van der Waals surface area contributed by atoms with Crippen molar-refractivity contribution in [1.82, 2.24) is 0 Å². The molecule has 0 radical (unpaired) electrons. The molecule has 2 aromatic heterocycles. The fourth-order valence-corrected chi connectivity index (χ4v) is 11.2. The van der Waals surface area contributed by atoms with Crippen LogP contribution in [0.25, 0.3) is 107 Å². The average Bonchev–Trinajstić information content (AvgIpc) is 3.88. The molecule has 52 heavy (non-hydrogen) atoms. The standard InChI is InChI=1S/C50H30OSe/c1-2-15-31(16-3-1)45-32-17-4-6-19-34(32)46(35-20-7-5-18-33(35)45)40-25-12-28-43-49(40)50-41(26-13-29-44(50)52-43)47-36-21-8-10-23-38(36)48(42-27-14-30-51-42)39-24-11-9-22-37(39)47/h1-30H. The number of hydrogen-bond donors (Lipinski definition) is 0. The van der Waals surface area contributed by atoms with Gasteiger partial charge in [-0.2, -0.15) is 0 Å². The number of benzene rings is 9. The summed E-state index contributed by atoms with van der Waals surface area (Å²) in [5.74, 6) is 0.894. The summed E-state index contributed by atoms with van der Waals surface area (Å²) in [6.45, 7) is 0. The summed E-state index contributed by atoms with van der Waals surface area (Å²) in [7, 11) is 0. The topological polar surface area (TPSA) is 13.1 Å². The fourth-order valence-electron chi connectivity index (χ4n) is 8.72. The van der Waals surface area contributed by atoms with Gasteiger partial charge in [0.05, 0.1) is 0 Å². The van der Waals surface area contributed by atoms with Crippen molar-refractivity contribution in [3.05, 3.63) is 182 Å². The van der Waals surface area contributed by atoms with Gasteiger partial charge >= 0.3 is 308 Å². The van der Waals surface area contributed by atoms with Gasteiger partial charge in [0.1, 0.15) is 0 Å². The van der Waals surface area contributed by atoms with Crippen molar-refractivity contribution in [2.24, 2.45) is 0 Å². The Hall–Kier alpha value is -6.18. The van der Waals surface area contributed by atoms with Crippen LogP contribution < -0.4 is 0 Å². The zero-order valence-corrected chi connectivity index (χ0v) is 29.9. The molecule has 0 bridgehead atoms. The first kappa shape index (κ1) is 29.5. The summed E-state index contributed by atoms with van der Waals surface area (Å²) < 4.78 is 8.95. The summed E-state index contributed by atoms with van der Waals surface area (Å²) >= 11 is 0.173. The van der Waals surface area contributed by atoms with Crippen LogP contribution in [0.4, 0.5) is 0 Å². The van der Waals surface area contributed by atoms with Crippen LogP contribution in [0.1, 0.15) is 0 Å². The predicted octanol–water partition coefficient (Wildman–Crippen LogP) is 13.9. The first-order valence-corrected chi connectivity index (χ1v) is 19.5. The molecule has 11 rings (SSSR count). The molecule has 1 nitrogen and oxygen atoms in total. The van der Waals surface area contributed by atoms with Gasteiger partial charge in [-0.1, -0.05) is 0 Å². The molecule has 0 saturated heterocycles. The van der Waals surface area contributed by atoms with Gasteiger partial charge in [-0.3, -0.25) is 0 Å². The van der Waals surface area contributed by atoms with Crippen molar-refractivity contribution < 1.29 is 4.42 Å². The molecule has 0 saturated carbocycles. The van der Waals surface area contributed by atoms with Gasteiger partial charge in [-0.15, -0.1) is 0 Å².